The molecular weight excluding hydrogens is 216 g/mol. The summed E-state index contributed by atoms with van der Waals surface area (Å²) in [5, 5.41) is 0. The maximum Gasteiger partial charge on any atom is 0.0674 e. The molecular formula is C18H6. The van der Waals surface area contributed by atoms with Gasteiger partial charge in [0.1, 0.15) is 0 Å². The molecule has 2 aliphatic rings. The van der Waals surface area contributed by atoms with Gasteiger partial charge in [0.2, 0.25) is 0 Å². The molecule has 0 saturated heterocycles. The molecule has 2 aliphatic carbocycles. The molecule has 0 aromatic heterocycles. The molecule has 0 heterocycles. The number of hydrogen-bond acceptors (Lipinski definition) is 0. The van der Waals surface area contributed by atoms with E-state index >= 15 is 0 Å². The first-order valence-electron chi connectivity index (χ1n) is 5.24. The van der Waals surface area contributed by atoms with Crippen molar-refractivity contribution < 1.29 is 0 Å². The normalized spacial score (nSPS) is 12.0. The average molecular weight is 222 g/mol. The van der Waals surface area contributed by atoms with E-state index in [1.165, 1.54) is 0 Å². The second-order valence-electron chi connectivity index (χ2n) is 3.17. The molecule has 18 heavy (non-hydrogen) atoms. The van der Waals surface area contributed by atoms with Crippen LogP contribution in [0.3, 0.4) is 0 Å². The van der Waals surface area contributed by atoms with Crippen LogP contribution in [0.15, 0.2) is 59.1 Å². The SMILES string of the molecule is C1=CC=CC=1C#CC#CC#CC#CC1=C=CC=C1. The van der Waals surface area contributed by atoms with Gasteiger partial charge in [-0.05, 0) is 71.7 Å². The summed E-state index contributed by atoms with van der Waals surface area (Å²) in [5.74, 6) is 21.6. The van der Waals surface area contributed by atoms with Gasteiger partial charge in [-0.25, -0.2) is 0 Å². The highest BCUT2D eigenvalue weighted by Crippen LogP contribution is 1.98. The van der Waals surface area contributed by atoms with E-state index in [4.69, 9.17) is 0 Å². The van der Waals surface area contributed by atoms with Crippen molar-refractivity contribution in [3.8, 4) is 47.4 Å². The summed E-state index contributed by atoms with van der Waals surface area (Å²) in [6.07, 6.45) is 11.1. The molecule has 0 bridgehead atoms. The largest absolute Gasteiger partial charge is 0.104 e. The Morgan fingerprint density at radius 1 is 0.611 bits per heavy atom. The Morgan fingerprint density at radius 2 is 1.06 bits per heavy atom. The molecule has 78 valence electrons. The summed E-state index contributed by atoms with van der Waals surface area (Å²) in [5.41, 5.74) is 7.60. The van der Waals surface area contributed by atoms with Gasteiger partial charge in [-0.15, -0.1) is 11.5 Å². The maximum atomic E-state index is 2.96. The number of hydrogen-bond donors (Lipinski definition) is 0. The van der Waals surface area contributed by atoms with Crippen molar-refractivity contribution in [2.75, 3.05) is 0 Å². The van der Waals surface area contributed by atoms with Gasteiger partial charge in [0, 0.05) is 0 Å². The van der Waals surface area contributed by atoms with Crippen molar-refractivity contribution >= 4 is 0 Å². The van der Waals surface area contributed by atoms with Crippen LogP contribution in [0.1, 0.15) is 0 Å². The molecule has 0 nitrogen and oxygen atoms in total. The van der Waals surface area contributed by atoms with Crippen LogP contribution in [-0.2, 0) is 0 Å². The van der Waals surface area contributed by atoms with E-state index in [-0.39, 0.29) is 0 Å². The molecule has 0 atom stereocenters. The first-order valence-corrected chi connectivity index (χ1v) is 5.24. The van der Waals surface area contributed by atoms with Crippen LogP contribution in [0.5, 0.6) is 0 Å². The molecule has 0 aliphatic heterocycles. The molecule has 0 fully saturated rings. The fourth-order valence-electron chi connectivity index (χ4n) is 1.14. The second kappa shape index (κ2) is 6.37. The Bertz CT molecular complexity index is 723. The van der Waals surface area contributed by atoms with Crippen LogP contribution in [0.4, 0.5) is 0 Å². The fraction of sp³-hybridized carbons (Fsp3) is 0. The van der Waals surface area contributed by atoms with Crippen LogP contribution in [0.2, 0.25) is 0 Å². The third-order valence-electron chi connectivity index (χ3n) is 1.90. The van der Waals surface area contributed by atoms with E-state index in [1.807, 2.05) is 36.5 Å². The van der Waals surface area contributed by atoms with Crippen LogP contribution in [0, 0.1) is 47.4 Å². The smallest absolute Gasteiger partial charge is 0.0674 e. The summed E-state index contributed by atoms with van der Waals surface area (Å²) in [7, 11) is 0. The Hall–Kier alpha value is -3.24. The van der Waals surface area contributed by atoms with Crippen LogP contribution < -0.4 is 0 Å². The van der Waals surface area contributed by atoms with Gasteiger partial charge in [-0.1, -0.05) is 12.2 Å². The third kappa shape index (κ3) is 3.73. The zero-order chi connectivity index (χ0) is 12.5. The van der Waals surface area contributed by atoms with Crippen molar-refractivity contribution in [1.29, 1.82) is 0 Å². The zero-order valence-electron chi connectivity index (χ0n) is 9.46. The number of rotatable bonds is 0. The van der Waals surface area contributed by atoms with Crippen molar-refractivity contribution in [3.05, 3.63) is 59.1 Å². The predicted octanol–water partition coefficient (Wildman–Crippen LogP) is 2.30. The molecule has 0 N–H and O–H groups in total. The summed E-state index contributed by atoms with van der Waals surface area (Å²) >= 11 is 0. The monoisotopic (exact) mass is 222 g/mol. The minimum atomic E-state index is 0.837. The average Bonchev–Trinajstić information content (AvgIpc) is 3.05. The van der Waals surface area contributed by atoms with E-state index in [2.05, 4.69) is 58.8 Å². The molecule has 0 radical (unpaired) electrons. The van der Waals surface area contributed by atoms with Gasteiger partial charge in [-0.2, -0.15) is 0 Å². The molecule has 0 saturated carbocycles. The minimum absolute atomic E-state index is 0.837. The van der Waals surface area contributed by atoms with Gasteiger partial charge in [0.15, 0.2) is 0 Å². The molecule has 0 aromatic carbocycles. The maximum absolute atomic E-state index is 2.96. The Morgan fingerprint density at radius 3 is 1.44 bits per heavy atom. The van der Waals surface area contributed by atoms with Crippen molar-refractivity contribution in [2.45, 2.75) is 0 Å². The summed E-state index contributed by atoms with van der Waals surface area (Å²) in [6, 6.07) is 0. The lowest BCUT2D eigenvalue weighted by molar-refractivity contribution is 1.88. The highest BCUT2D eigenvalue weighted by atomic mass is 13.9. The molecule has 0 spiro atoms. The molecule has 0 amide bonds. The lowest BCUT2D eigenvalue weighted by Gasteiger charge is -1.72. The van der Waals surface area contributed by atoms with E-state index < -0.39 is 0 Å². The summed E-state index contributed by atoms with van der Waals surface area (Å²) in [4.78, 5) is 0. The summed E-state index contributed by atoms with van der Waals surface area (Å²) in [6.45, 7) is 0. The Balaban J connectivity index is 1.89. The van der Waals surface area contributed by atoms with Crippen molar-refractivity contribution in [1.82, 2.24) is 0 Å². The third-order valence-corrected chi connectivity index (χ3v) is 1.90. The highest BCUT2D eigenvalue weighted by molar-refractivity contribution is 5.50. The first-order chi connectivity index (χ1) is 8.95. The zero-order valence-corrected chi connectivity index (χ0v) is 9.46. The van der Waals surface area contributed by atoms with Crippen LogP contribution in [-0.4, -0.2) is 0 Å². The quantitative estimate of drug-likeness (QED) is 0.436. The second-order valence-corrected chi connectivity index (χ2v) is 3.17. The Labute approximate surface area is 107 Å². The van der Waals surface area contributed by atoms with Crippen molar-refractivity contribution in [3.63, 3.8) is 0 Å². The molecule has 0 aromatic rings. The van der Waals surface area contributed by atoms with Gasteiger partial charge in [-0.3, -0.25) is 0 Å². The van der Waals surface area contributed by atoms with E-state index in [1.54, 1.807) is 0 Å². The van der Waals surface area contributed by atoms with Gasteiger partial charge < -0.3 is 0 Å². The molecule has 0 heteroatoms. The van der Waals surface area contributed by atoms with Gasteiger partial charge in [0.05, 0.1) is 11.1 Å². The first kappa shape index (κ1) is 11.3. The van der Waals surface area contributed by atoms with Gasteiger partial charge >= 0.3 is 0 Å². The molecule has 2 rings (SSSR count). The Kier molecular flexibility index (Phi) is 3.98. The van der Waals surface area contributed by atoms with Crippen LogP contribution >= 0.6 is 0 Å². The standard InChI is InChI=1S/C18H6/c1(3-5-11-17-13-7-8-14-17)2-4-6-12-18-15-9-10-16-18/h7-10,13,15H. The van der Waals surface area contributed by atoms with E-state index in [0.717, 1.165) is 11.1 Å². The van der Waals surface area contributed by atoms with Crippen molar-refractivity contribution in [2.24, 2.45) is 0 Å². The number of allylic oxidation sites excluding steroid dienone is 6. The van der Waals surface area contributed by atoms with E-state index in [9.17, 15) is 0 Å². The van der Waals surface area contributed by atoms with E-state index in [0.29, 0.717) is 0 Å². The summed E-state index contributed by atoms with van der Waals surface area (Å²) < 4.78 is 0. The molecule has 0 unspecified atom stereocenters. The van der Waals surface area contributed by atoms with Crippen LogP contribution in [0.25, 0.3) is 0 Å². The lowest BCUT2D eigenvalue weighted by atomic mass is 10.3. The minimum Gasteiger partial charge on any atom is -0.104 e. The fourth-order valence-corrected chi connectivity index (χ4v) is 1.14. The highest BCUT2D eigenvalue weighted by Gasteiger charge is 1.84. The predicted molar refractivity (Wildman–Crippen MR) is 72.6 cm³/mol. The van der Waals surface area contributed by atoms with Gasteiger partial charge in [0.25, 0.3) is 0 Å². The topological polar surface area (TPSA) is 0 Å². The lowest BCUT2D eigenvalue weighted by Crippen LogP contribution is -1.63.